The number of rotatable bonds is 3. The van der Waals surface area contributed by atoms with E-state index in [0.717, 1.165) is 17.5 Å². The maximum Gasteiger partial charge on any atom is 0.126 e. The number of phenols is 1. The zero-order valence-electron chi connectivity index (χ0n) is 9.00. The predicted molar refractivity (Wildman–Crippen MR) is 57.2 cm³/mol. The van der Waals surface area contributed by atoms with Gasteiger partial charge in [0.25, 0.3) is 0 Å². The normalized spacial score (nSPS) is 26.3. The molecule has 15 heavy (non-hydrogen) atoms. The lowest BCUT2D eigenvalue weighted by molar-refractivity contribution is 0.444. The number of hydrogen-bond acceptors (Lipinski definition) is 2. The average molecular weight is 209 g/mol. The zero-order chi connectivity index (χ0) is 11.0. The molecule has 1 aromatic rings. The van der Waals surface area contributed by atoms with Crippen LogP contribution in [0, 0.1) is 11.7 Å². The van der Waals surface area contributed by atoms with Crippen molar-refractivity contribution >= 4 is 0 Å². The van der Waals surface area contributed by atoms with Crippen LogP contribution in [0.1, 0.15) is 31.9 Å². The Labute approximate surface area is 89.1 Å². The van der Waals surface area contributed by atoms with Gasteiger partial charge in [0.15, 0.2) is 0 Å². The van der Waals surface area contributed by atoms with Crippen molar-refractivity contribution in [2.45, 2.75) is 32.4 Å². The molecule has 0 radical (unpaired) electrons. The molecule has 3 heteroatoms. The third kappa shape index (κ3) is 2.29. The van der Waals surface area contributed by atoms with Crippen molar-refractivity contribution in [1.29, 1.82) is 0 Å². The molecule has 0 spiro atoms. The highest BCUT2D eigenvalue weighted by molar-refractivity contribution is 5.35. The Morgan fingerprint density at radius 2 is 2.20 bits per heavy atom. The topological polar surface area (TPSA) is 32.3 Å². The summed E-state index contributed by atoms with van der Waals surface area (Å²) >= 11 is 0. The summed E-state index contributed by atoms with van der Waals surface area (Å²) in [4.78, 5) is 0. The van der Waals surface area contributed by atoms with Crippen LogP contribution in [0.2, 0.25) is 0 Å². The predicted octanol–water partition coefficient (Wildman–Crippen LogP) is 2.59. The summed E-state index contributed by atoms with van der Waals surface area (Å²) in [5.41, 5.74) is 0.760. The van der Waals surface area contributed by atoms with E-state index in [4.69, 9.17) is 0 Å². The third-order valence-electron chi connectivity index (χ3n) is 3.03. The number of aromatic hydroxyl groups is 1. The van der Waals surface area contributed by atoms with E-state index in [1.807, 2.05) is 6.92 Å². The van der Waals surface area contributed by atoms with E-state index in [-0.39, 0.29) is 11.8 Å². The Morgan fingerprint density at radius 3 is 2.73 bits per heavy atom. The number of benzene rings is 1. The summed E-state index contributed by atoms with van der Waals surface area (Å²) in [6.45, 7) is 4.17. The molecule has 0 saturated heterocycles. The first-order valence-electron chi connectivity index (χ1n) is 5.32. The van der Waals surface area contributed by atoms with Crippen LogP contribution in [0.5, 0.6) is 5.75 Å². The van der Waals surface area contributed by atoms with Crippen LogP contribution >= 0.6 is 0 Å². The molecule has 2 rings (SSSR count). The van der Waals surface area contributed by atoms with Gasteiger partial charge >= 0.3 is 0 Å². The molecular formula is C12H16FNO. The molecule has 0 heterocycles. The first kappa shape index (κ1) is 10.4. The summed E-state index contributed by atoms with van der Waals surface area (Å²) in [6, 6.07) is 4.79. The molecule has 1 aliphatic rings. The third-order valence-corrected chi connectivity index (χ3v) is 3.03. The molecule has 1 fully saturated rings. The van der Waals surface area contributed by atoms with Crippen molar-refractivity contribution in [1.82, 2.24) is 5.32 Å². The van der Waals surface area contributed by atoms with Crippen molar-refractivity contribution in [3.8, 4) is 5.75 Å². The minimum atomic E-state index is -0.400. The van der Waals surface area contributed by atoms with Gasteiger partial charge < -0.3 is 10.4 Å². The van der Waals surface area contributed by atoms with Gasteiger partial charge in [-0.25, -0.2) is 4.39 Å². The Balaban J connectivity index is 2.07. The van der Waals surface area contributed by atoms with Gasteiger partial charge in [-0.1, -0.05) is 13.0 Å². The number of nitrogens with one attached hydrogen (secondary N) is 1. The zero-order valence-corrected chi connectivity index (χ0v) is 9.00. The van der Waals surface area contributed by atoms with E-state index in [9.17, 15) is 9.50 Å². The van der Waals surface area contributed by atoms with Gasteiger partial charge in [0.1, 0.15) is 11.6 Å². The van der Waals surface area contributed by atoms with Crippen molar-refractivity contribution in [3.63, 3.8) is 0 Å². The van der Waals surface area contributed by atoms with Gasteiger partial charge in [0.2, 0.25) is 0 Å². The van der Waals surface area contributed by atoms with E-state index < -0.39 is 5.82 Å². The molecule has 0 bridgehead atoms. The fourth-order valence-electron chi connectivity index (χ4n) is 1.85. The second-order valence-corrected chi connectivity index (χ2v) is 4.41. The number of halogens is 1. The SMILES string of the molecule is CC(NC1CC1C)c1ccc(F)cc1O. The molecule has 3 atom stereocenters. The quantitative estimate of drug-likeness (QED) is 0.802. The van der Waals surface area contributed by atoms with Crippen molar-refractivity contribution in [2.24, 2.45) is 5.92 Å². The Hall–Kier alpha value is -1.09. The molecule has 3 unspecified atom stereocenters. The smallest absolute Gasteiger partial charge is 0.126 e. The van der Waals surface area contributed by atoms with Crippen molar-refractivity contribution < 1.29 is 9.50 Å². The molecular weight excluding hydrogens is 193 g/mol. The van der Waals surface area contributed by atoms with Crippen molar-refractivity contribution in [2.75, 3.05) is 0 Å². The minimum absolute atomic E-state index is 0.0308. The molecule has 82 valence electrons. The molecule has 2 N–H and O–H groups in total. The summed E-state index contributed by atoms with van der Waals surface area (Å²) in [7, 11) is 0. The molecule has 0 aliphatic heterocycles. The lowest BCUT2D eigenvalue weighted by Crippen LogP contribution is -2.22. The van der Waals surface area contributed by atoms with E-state index in [1.54, 1.807) is 6.07 Å². The van der Waals surface area contributed by atoms with E-state index in [2.05, 4.69) is 12.2 Å². The molecule has 2 nitrogen and oxygen atoms in total. The molecule has 1 saturated carbocycles. The summed E-state index contributed by atoms with van der Waals surface area (Å²) in [5, 5.41) is 13.0. The van der Waals surface area contributed by atoms with Gasteiger partial charge in [-0.15, -0.1) is 0 Å². The molecule has 0 amide bonds. The number of hydrogen-bond donors (Lipinski definition) is 2. The van der Waals surface area contributed by atoms with Crippen LogP contribution in [0.3, 0.4) is 0 Å². The Bertz CT molecular complexity index is 367. The second kappa shape index (κ2) is 3.81. The largest absolute Gasteiger partial charge is 0.508 e. The number of phenolic OH excluding ortho intramolecular Hbond substituents is 1. The van der Waals surface area contributed by atoms with Gasteiger partial charge in [-0.2, -0.15) is 0 Å². The monoisotopic (exact) mass is 209 g/mol. The first-order chi connectivity index (χ1) is 7.08. The van der Waals surface area contributed by atoms with Gasteiger partial charge in [-0.05, 0) is 25.3 Å². The highest BCUT2D eigenvalue weighted by Crippen LogP contribution is 2.33. The van der Waals surface area contributed by atoms with Gasteiger partial charge in [0.05, 0.1) is 0 Å². The maximum atomic E-state index is 12.8. The minimum Gasteiger partial charge on any atom is -0.508 e. The molecule has 1 aromatic carbocycles. The Kier molecular flexibility index (Phi) is 2.65. The highest BCUT2D eigenvalue weighted by atomic mass is 19.1. The fourth-order valence-corrected chi connectivity index (χ4v) is 1.85. The van der Waals surface area contributed by atoms with E-state index in [1.165, 1.54) is 12.5 Å². The molecule has 1 aliphatic carbocycles. The van der Waals surface area contributed by atoms with Crippen LogP contribution in [0.15, 0.2) is 18.2 Å². The summed E-state index contributed by atoms with van der Waals surface area (Å²) in [6.07, 6.45) is 1.19. The van der Waals surface area contributed by atoms with Crippen LogP contribution in [-0.2, 0) is 0 Å². The lowest BCUT2D eigenvalue weighted by atomic mass is 10.1. The second-order valence-electron chi connectivity index (χ2n) is 4.41. The summed E-state index contributed by atoms with van der Waals surface area (Å²) in [5.74, 6) is 0.349. The van der Waals surface area contributed by atoms with Crippen LogP contribution in [0.25, 0.3) is 0 Å². The van der Waals surface area contributed by atoms with E-state index in [0.29, 0.717) is 6.04 Å². The lowest BCUT2D eigenvalue weighted by Gasteiger charge is -2.15. The maximum absolute atomic E-state index is 12.8. The van der Waals surface area contributed by atoms with Gasteiger partial charge in [-0.3, -0.25) is 0 Å². The van der Waals surface area contributed by atoms with Gasteiger partial charge in [0, 0.05) is 23.7 Å². The fraction of sp³-hybridized carbons (Fsp3) is 0.500. The van der Waals surface area contributed by atoms with Crippen LogP contribution in [-0.4, -0.2) is 11.1 Å². The first-order valence-corrected chi connectivity index (χ1v) is 5.32. The summed E-state index contributed by atoms with van der Waals surface area (Å²) < 4.78 is 12.8. The highest BCUT2D eigenvalue weighted by Gasteiger charge is 2.33. The molecule has 0 aromatic heterocycles. The standard InChI is InChI=1S/C12H16FNO/c1-7-5-11(7)14-8(2)10-4-3-9(13)6-12(10)15/h3-4,6-8,11,14-15H,5H2,1-2H3. The van der Waals surface area contributed by atoms with Crippen LogP contribution < -0.4 is 5.32 Å². The average Bonchev–Trinajstić information content (AvgIpc) is 2.81. The van der Waals surface area contributed by atoms with E-state index >= 15 is 0 Å². The van der Waals surface area contributed by atoms with Crippen molar-refractivity contribution in [3.05, 3.63) is 29.6 Å². The van der Waals surface area contributed by atoms with Crippen LogP contribution in [0.4, 0.5) is 4.39 Å². The Morgan fingerprint density at radius 1 is 1.53 bits per heavy atom.